The molecule has 2 aromatic carbocycles. The minimum Gasteiger partial charge on any atom is -0.379 e. The van der Waals surface area contributed by atoms with E-state index in [4.69, 9.17) is 4.74 Å². The number of rotatable bonds is 9. The summed E-state index contributed by atoms with van der Waals surface area (Å²) >= 11 is 0. The first-order valence-electron chi connectivity index (χ1n) is 9.89. The number of amides is 1. The fourth-order valence-corrected chi connectivity index (χ4v) is 4.65. The number of hydrogen-bond donors (Lipinski definition) is 2. The second-order valence-electron chi connectivity index (χ2n) is 6.95. The SMILES string of the molecule is O=C(CNc1ccc(F)c(S(=O)(=O)N2CCOCC2)c1)NCCCc1ccccc1. The smallest absolute Gasteiger partial charge is 0.246 e. The lowest BCUT2D eigenvalue weighted by molar-refractivity contribution is -0.119. The summed E-state index contributed by atoms with van der Waals surface area (Å²) in [5.41, 5.74) is 1.58. The Morgan fingerprint density at radius 3 is 2.57 bits per heavy atom. The van der Waals surface area contributed by atoms with Gasteiger partial charge in [0.25, 0.3) is 0 Å². The molecule has 0 radical (unpaired) electrons. The molecule has 3 rings (SSSR count). The highest BCUT2D eigenvalue weighted by Gasteiger charge is 2.29. The number of nitrogens with one attached hydrogen (secondary N) is 2. The number of anilines is 1. The van der Waals surface area contributed by atoms with Gasteiger partial charge in [-0.25, -0.2) is 12.8 Å². The van der Waals surface area contributed by atoms with Crippen LogP contribution in [0.5, 0.6) is 0 Å². The van der Waals surface area contributed by atoms with Gasteiger partial charge < -0.3 is 15.4 Å². The van der Waals surface area contributed by atoms with E-state index in [-0.39, 0.29) is 38.8 Å². The molecule has 1 heterocycles. The molecule has 0 aliphatic carbocycles. The van der Waals surface area contributed by atoms with Gasteiger partial charge in [0.15, 0.2) is 0 Å². The second-order valence-corrected chi connectivity index (χ2v) is 8.86. The molecule has 0 unspecified atom stereocenters. The number of morpholine rings is 1. The van der Waals surface area contributed by atoms with Crippen LogP contribution in [0.25, 0.3) is 0 Å². The van der Waals surface area contributed by atoms with Gasteiger partial charge in [-0.15, -0.1) is 0 Å². The maximum absolute atomic E-state index is 14.2. The highest BCUT2D eigenvalue weighted by Crippen LogP contribution is 2.23. The number of nitrogens with zero attached hydrogens (tertiary/aromatic N) is 1. The van der Waals surface area contributed by atoms with E-state index in [1.54, 1.807) is 0 Å². The maximum atomic E-state index is 14.2. The van der Waals surface area contributed by atoms with E-state index in [1.807, 2.05) is 30.3 Å². The number of sulfonamides is 1. The molecule has 1 aliphatic heterocycles. The number of ether oxygens (including phenoxy) is 1. The van der Waals surface area contributed by atoms with E-state index < -0.39 is 20.7 Å². The average molecular weight is 436 g/mol. The van der Waals surface area contributed by atoms with Crippen molar-refractivity contribution in [3.63, 3.8) is 0 Å². The van der Waals surface area contributed by atoms with Gasteiger partial charge >= 0.3 is 0 Å². The van der Waals surface area contributed by atoms with E-state index in [0.717, 1.165) is 18.9 Å². The molecule has 0 spiro atoms. The maximum Gasteiger partial charge on any atom is 0.246 e. The van der Waals surface area contributed by atoms with Crippen LogP contribution in [0.2, 0.25) is 0 Å². The van der Waals surface area contributed by atoms with Crippen LogP contribution in [0.15, 0.2) is 53.4 Å². The molecule has 9 heteroatoms. The van der Waals surface area contributed by atoms with Gasteiger partial charge in [0.05, 0.1) is 19.8 Å². The topological polar surface area (TPSA) is 87.7 Å². The predicted molar refractivity (Wildman–Crippen MR) is 112 cm³/mol. The van der Waals surface area contributed by atoms with Crippen molar-refractivity contribution >= 4 is 21.6 Å². The lowest BCUT2D eigenvalue weighted by Gasteiger charge is -2.26. The van der Waals surface area contributed by atoms with E-state index in [0.29, 0.717) is 12.2 Å². The summed E-state index contributed by atoms with van der Waals surface area (Å²) in [5.74, 6) is -1.04. The molecule has 2 aromatic rings. The van der Waals surface area contributed by atoms with Crippen LogP contribution in [-0.4, -0.2) is 58.0 Å². The second kappa shape index (κ2) is 10.5. The zero-order valence-corrected chi connectivity index (χ0v) is 17.5. The molecule has 1 aliphatic rings. The van der Waals surface area contributed by atoms with Crippen LogP contribution < -0.4 is 10.6 Å². The first-order valence-corrected chi connectivity index (χ1v) is 11.3. The molecule has 0 bridgehead atoms. The first kappa shape index (κ1) is 22.2. The quantitative estimate of drug-likeness (QED) is 0.589. The van der Waals surface area contributed by atoms with Crippen LogP contribution >= 0.6 is 0 Å². The standard InChI is InChI=1S/C21H26FN3O4S/c22-19-9-8-18(15-20(19)30(27,28)25-11-13-29-14-12-25)24-16-21(26)23-10-4-7-17-5-2-1-3-6-17/h1-3,5-6,8-9,15,24H,4,7,10-14,16H2,(H,23,26). The van der Waals surface area contributed by atoms with E-state index in [2.05, 4.69) is 10.6 Å². The number of hydrogen-bond acceptors (Lipinski definition) is 5. The fraction of sp³-hybridized carbons (Fsp3) is 0.381. The Morgan fingerprint density at radius 2 is 1.83 bits per heavy atom. The zero-order valence-electron chi connectivity index (χ0n) is 16.6. The molecule has 0 atom stereocenters. The van der Waals surface area contributed by atoms with Crippen LogP contribution in [0.3, 0.4) is 0 Å². The Kier molecular flexibility index (Phi) is 7.78. The van der Waals surface area contributed by atoms with E-state index in [9.17, 15) is 17.6 Å². The van der Waals surface area contributed by atoms with Crippen LogP contribution in [0.1, 0.15) is 12.0 Å². The minimum atomic E-state index is -3.96. The molecule has 0 saturated carbocycles. The van der Waals surface area contributed by atoms with Crippen molar-refractivity contribution in [2.75, 3.05) is 44.7 Å². The summed E-state index contributed by atoms with van der Waals surface area (Å²) in [6.07, 6.45) is 1.68. The van der Waals surface area contributed by atoms with Crippen molar-refractivity contribution in [2.24, 2.45) is 0 Å². The third-order valence-electron chi connectivity index (χ3n) is 4.78. The van der Waals surface area contributed by atoms with Crippen molar-refractivity contribution in [2.45, 2.75) is 17.7 Å². The third-order valence-corrected chi connectivity index (χ3v) is 6.69. The monoisotopic (exact) mass is 435 g/mol. The Balaban J connectivity index is 1.50. The molecule has 30 heavy (non-hydrogen) atoms. The molecule has 0 aromatic heterocycles. The number of halogens is 1. The third kappa shape index (κ3) is 6.01. The van der Waals surface area contributed by atoms with Gasteiger partial charge in [0, 0.05) is 25.3 Å². The average Bonchev–Trinajstić information content (AvgIpc) is 2.77. The highest BCUT2D eigenvalue weighted by molar-refractivity contribution is 7.89. The fourth-order valence-electron chi connectivity index (χ4n) is 3.15. The Hall–Kier alpha value is -2.49. The summed E-state index contributed by atoms with van der Waals surface area (Å²) in [4.78, 5) is 11.6. The van der Waals surface area contributed by atoms with Gasteiger partial charge in [-0.1, -0.05) is 30.3 Å². The van der Waals surface area contributed by atoms with E-state index in [1.165, 1.54) is 22.0 Å². The summed E-state index contributed by atoms with van der Waals surface area (Å²) in [5, 5.41) is 5.67. The minimum absolute atomic E-state index is 0.0337. The lowest BCUT2D eigenvalue weighted by atomic mass is 10.1. The molecule has 7 nitrogen and oxygen atoms in total. The summed E-state index contributed by atoms with van der Waals surface area (Å²) in [6, 6.07) is 13.7. The number of carbonyl (C=O) groups is 1. The van der Waals surface area contributed by atoms with Gasteiger partial charge in [-0.2, -0.15) is 4.31 Å². The molecule has 1 saturated heterocycles. The summed E-state index contributed by atoms with van der Waals surface area (Å²) in [7, 11) is -3.96. The number of aryl methyl sites for hydroxylation is 1. The number of carbonyl (C=O) groups excluding carboxylic acids is 1. The van der Waals surface area contributed by atoms with Crippen LogP contribution in [0, 0.1) is 5.82 Å². The largest absolute Gasteiger partial charge is 0.379 e. The van der Waals surface area contributed by atoms with Gasteiger partial charge in [-0.3, -0.25) is 4.79 Å². The summed E-state index contributed by atoms with van der Waals surface area (Å²) in [6.45, 7) is 1.44. The van der Waals surface area contributed by atoms with Crippen molar-refractivity contribution in [1.29, 1.82) is 0 Å². The van der Waals surface area contributed by atoms with Crippen LogP contribution in [0.4, 0.5) is 10.1 Å². The normalized spacial score (nSPS) is 15.0. The van der Waals surface area contributed by atoms with E-state index >= 15 is 0 Å². The number of benzene rings is 2. The van der Waals surface area contributed by atoms with Crippen molar-refractivity contribution < 1.29 is 22.3 Å². The van der Waals surface area contributed by atoms with Crippen LogP contribution in [-0.2, 0) is 26.0 Å². The van der Waals surface area contributed by atoms with Gasteiger partial charge in [0.2, 0.25) is 15.9 Å². The Labute approximate surface area is 176 Å². The molecule has 2 N–H and O–H groups in total. The molecule has 1 amide bonds. The predicted octanol–water partition coefficient (Wildman–Crippen LogP) is 2.01. The highest BCUT2D eigenvalue weighted by atomic mass is 32.2. The molecule has 1 fully saturated rings. The zero-order chi connectivity index (χ0) is 21.4. The van der Waals surface area contributed by atoms with Crippen molar-refractivity contribution in [1.82, 2.24) is 9.62 Å². The Bertz CT molecular complexity index is 948. The summed E-state index contributed by atoms with van der Waals surface area (Å²) < 4.78 is 46.0. The molecule has 162 valence electrons. The molecular weight excluding hydrogens is 409 g/mol. The molecular formula is C21H26FN3O4S. The van der Waals surface area contributed by atoms with Gasteiger partial charge in [0.1, 0.15) is 10.7 Å². The van der Waals surface area contributed by atoms with Crippen molar-refractivity contribution in [3.05, 3.63) is 59.9 Å². The lowest BCUT2D eigenvalue weighted by Crippen LogP contribution is -2.40. The van der Waals surface area contributed by atoms with Crippen molar-refractivity contribution in [3.8, 4) is 0 Å². The Morgan fingerprint density at radius 1 is 1.10 bits per heavy atom. The first-order chi connectivity index (χ1) is 14.5. The van der Waals surface area contributed by atoms with Gasteiger partial charge in [-0.05, 0) is 36.6 Å².